The minimum absolute atomic E-state index is 0. The van der Waals surface area contributed by atoms with E-state index in [0.29, 0.717) is 34.1 Å². The first kappa shape index (κ1) is 29.8. The van der Waals surface area contributed by atoms with Crippen molar-refractivity contribution in [1.29, 1.82) is 0 Å². The van der Waals surface area contributed by atoms with Crippen LogP contribution in [0.5, 0.6) is 11.5 Å². The first-order chi connectivity index (χ1) is 34.1. The van der Waals surface area contributed by atoms with Crippen LogP contribution in [0.2, 0.25) is 25.2 Å². The van der Waals surface area contributed by atoms with Crippen molar-refractivity contribution in [2.75, 3.05) is 0 Å². The molecule has 5 nitrogen and oxygen atoms in total. The van der Waals surface area contributed by atoms with Gasteiger partial charge >= 0.3 is 0 Å². The molecule has 0 amide bonds. The number of pyridine rings is 1. The summed E-state index contributed by atoms with van der Waals surface area (Å²) in [5.74, 6) is 2.16. The Morgan fingerprint density at radius 3 is 2.10 bits per heavy atom. The normalized spacial score (nSPS) is 16.2. The Bertz CT molecular complexity index is 3680. The molecule has 7 aromatic carbocycles. The summed E-state index contributed by atoms with van der Waals surface area (Å²) in [4.78, 5) is 4.91. The summed E-state index contributed by atoms with van der Waals surface area (Å²) in [7, 11) is -1.14. The zero-order valence-corrected chi connectivity index (χ0v) is 37.2. The first-order valence-corrected chi connectivity index (χ1v) is 23.9. The molecule has 0 bridgehead atoms. The van der Waals surface area contributed by atoms with Crippen LogP contribution in [0.1, 0.15) is 38.0 Å². The molecule has 11 rings (SSSR count). The Kier molecular flexibility index (Phi) is 7.94. The summed E-state index contributed by atoms with van der Waals surface area (Å²) in [5, 5.41) is 2.08. The minimum Gasteiger partial charge on any atom is -0.510 e. The van der Waals surface area contributed by atoms with E-state index in [1.165, 1.54) is 30.5 Å². The van der Waals surface area contributed by atoms with Gasteiger partial charge in [-0.2, -0.15) is 18.2 Å². The molecule has 0 radical (unpaired) electrons. The van der Waals surface area contributed by atoms with E-state index in [2.05, 4.69) is 60.4 Å². The average Bonchev–Trinajstić information content (AvgIpc) is 3.92. The molecule has 0 spiro atoms. The van der Waals surface area contributed by atoms with Crippen molar-refractivity contribution < 1.29 is 44.1 Å². The van der Waals surface area contributed by atoms with Crippen molar-refractivity contribution in [2.45, 2.75) is 43.9 Å². The Morgan fingerprint density at radius 1 is 0.694 bits per heavy atom. The van der Waals surface area contributed by atoms with Gasteiger partial charge in [0.1, 0.15) is 5.82 Å². The number of fused-ring (bicyclic) bond motifs is 4. The third kappa shape index (κ3) is 7.31. The summed E-state index contributed by atoms with van der Waals surface area (Å²) < 4.78 is 99.1. The van der Waals surface area contributed by atoms with Gasteiger partial charge in [0.2, 0.25) is 0 Å². The Morgan fingerprint density at radius 2 is 1.35 bits per heavy atom. The summed E-state index contributed by atoms with van der Waals surface area (Å²) in [6.07, 6.45) is 7.73. The number of para-hydroxylation sites is 4. The van der Waals surface area contributed by atoms with E-state index in [9.17, 15) is 0 Å². The number of nitrogens with zero attached hydrogens (tertiary/aromatic N) is 4. The number of ether oxygens (including phenoxy) is 1. The van der Waals surface area contributed by atoms with E-state index >= 15 is 0 Å². The molecule has 0 atom stereocenters. The molecule has 1 aliphatic heterocycles. The van der Waals surface area contributed by atoms with Crippen LogP contribution in [-0.2, 0) is 21.1 Å². The summed E-state index contributed by atoms with van der Waals surface area (Å²) in [6, 6.07) is 38.5. The number of hydrogen-bond donors (Lipinski definition) is 0. The molecule has 3 aromatic heterocycles. The Hall–Kier alpha value is -6.33. The van der Waals surface area contributed by atoms with Crippen LogP contribution in [0, 0.1) is 18.5 Å². The van der Waals surface area contributed by atoms with Crippen molar-refractivity contribution >= 4 is 40.9 Å². The molecule has 62 heavy (non-hydrogen) atoms. The Balaban J connectivity index is 0.00000596. The van der Waals surface area contributed by atoms with Gasteiger partial charge in [0.25, 0.3) is 6.33 Å². The maximum Gasteiger partial charge on any atom is 0.268 e. The monoisotopic (exact) mass is 1010 g/mol. The van der Waals surface area contributed by atoms with Gasteiger partial charge in [-0.15, -0.1) is 29.7 Å². The van der Waals surface area contributed by atoms with Crippen molar-refractivity contribution in [3.05, 3.63) is 200 Å². The molecular weight excluding hydrogens is 956 g/mol. The van der Waals surface area contributed by atoms with Gasteiger partial charge < -0.3 is 13.9 Å². The Labute approximate surface area is 392 Å². The first-order valence-electron chi connectivity index (χ1n) is 25.5. The fourth-order valence-corrected chi connectivity index (χ4v) is 11.3. The molecule has 1 aliphatic rings. The fraction of sp³-hybridized carbons (Fsp3) is 0.127. The molecule has 0 aliphatic carbocycles. The average molecular weight is 1010 g/mol. The second-order valence-corrected chi connectivity index (χ2v) is 21.6. The molecule has 0 unspecified atom stereocenters. The molecule has 10 aromatic rings. The SMILES string of the molecule is [2H]c1c([2H])c([2H])c(-c2cccc(-c3c([2H])c([2H])c([2H])c([2H])c3[2H])c2-[n+]2[c-]n(-c3[c-]c(Oc4[c-]c5c(cc4)c4ccccc4n5-c4cc(C5CC[Si](C)(C)CC5)ccn4)ccc3)c3ccccc32)c([2H])c1[2H].[Pt]. The van der Waals surface area contributed by atoms with Gasteiger partial charge in [-0.25, -0.2) is 4.98 Å². The summed E-state index contributed by atoms with van der Waals surface area (Å²) in [6.45, 7) is 4.98. The fourth-order valence-electron chi connectivity index (χ4n) is 8.82. The van der Waals surface area contributed by atoms with Crippen molar-refractivity contribution in [1.82, 2.24) is 14.1 Å². The van der Waals surface area contributed by atoms with E-state index < -0.39 is 68.5 Å². The number of aromatic nitrogens is 4. The second-order valence-electron chi connectivity index (χ2n) is 16.3. The number of imidazole rings is 1. The van der Waals surface area contributed by atoms with Gasteiger partial charge in [0.15, 0.2) is 0 Å². The zero-order valence-electron chi connectivity index (χ0n) is 43.9. The molecule has 7 heteroatoms. The van der Waals surface area contributed by atoms with E-state index in [4.69, 9.17) is 23.4 Å². The van der Waals surface area contributed by atoms with Gasteiger partial charge in [-0.05, 0) is 75.8 Å². The molecule has 4 heterocycles. The molecule has 1 fully saturated rings. The summed E-state index contributed by atoms with van der Waals surface area (Å²) in [5.41, 5.74) is 5.02. The topological polar surface area (TPSA) is 35.9 Å². The van der Waals surface area contributed by atoms with Crippen LogP contribution in [0.4, 0.5) is 0 Å². The zero-order chi connectivity index (χ0) is 49.6. The molecule has 306 valence electrons. The predicted molar refractivity (Wildman–Crippen MR) is 250 cm³/mol. The van der Waals surface area contributed by atoms with Crippen molar-refractivity contribution in [3.63, 3.8) is 0 Å². The third-order valence-corrected chi connectivity index (χ3v) is 15.2. The maximum absolute atomic E-state index is 9.01. The third-order valence-electron chi connectivity index (χ3n) is 11.9. The van der Waals surface area contributed by atoms with Crippen molar-refractivity contribution in [2.24, 2.45) is 0 Å². The number of benzene rings is 7. The van der Waals surface area contributed by atoms with E-state index in [0.717, 1.165) is 27.6 Å². The number of hydrogen-bond acceptors (Lipinski definition) is 2. The quantitative estimate of drug-likeness (QED) is 0.0864. The standard InChI is InChI=1S/C55H44N4OSi.Pt/c1-61(2)33-30-39(31-34-61)42-29-32-56-54(35-42)59-50-24-10-9-21-48(50)49-28-27-45(37-53(49)59)60-44-20-13-19-43(36-44)57-38-58(52-26-12-11-25-51(52)57)55-46(40-15-5-3-6-16-40)22-14-23-47(55)41-17-7-4-8-18-41;/h3-29,32,35,39H,30-31,33-34H2,1-2H3;/q-2;/i3D,4D,5D,6D,7D,8D,15D,16D,17D,18D;. The molecule has 1 saturated heterocycles. The number of rotatable bonds is 8. The van der Waals surface area contributed by atoms with Crippen molar-refractivity contribution in [3.8, 4) is 50.9 Å². The van der Waals surface area contributed by atoms with Gasteiger partial charge in [0, 0.05) is 52.4 Å². The summed E-state index contributed by atoms with van der Waals surface area (Å²) >= 11 is 0. The van der Waals surface area contributed by atoms with E-state index in [1.54, 1.807) is 33.4 Å². The molecular formula is C55H44N4OPtSi-2. The molecule has 0 saturated carbocycles. The van der Waals surface area contributed by atoms with Crippen LogP contribution in [-0.4, -0.2) is 22.2 Å². The van der Waals surface area contributed by atoms with Crippen LogP contribution < -0.4 is 9.30 Å². The minimum atomic E-state index is -1.14. The smallest absolute Gasteiger partial charge is 0.268 e. The van der Waals surface area contributed by atoms with Crippen LogP contribution >= 0.6 is 0 Å². The van der Waals surface area contributed by atoms with Gasteiger partial charge in [-0.3, -0.25) is 4.57 Å². The van der Waals surface area contributed by atoms with E-state index in [1.807, 2.05) is 66.9 Å². The second kappa shape index (κ2) is 16.5. The van der Waals surface area contributed by atoms with Gasteiger partial charge in [-0.1, -0.05) is 152 Å². The maximum atomic E-state index is 9.01. The van der Waals surface area contributed by atoms with Crippen LogP contribution in [0.3, 0.4) is 0 Å². The van der Waals surface area contributed by atoms with E-state index in [-0.39, 0.29) is 49.0 Å². The predicted octanol–water partition coefficient (Wildman–Crippen LogP) is 13.5. The van der Waals surface area contributed by atoms with Crippen LogP contribution in [0.25, 0.3) is 72.3 Å². The van der Waals surface area contributed by atoms with Gasteiger partial charge in [0.05, 0.1) is 30.4 Å². The molecule has 0 N–H and O–H groups in total. The van der Waals surface area contributed by atoms with Crippen LogP contribution in [0.15, 0.2) is 176 Å². The largest absolute Gasteiger partial charge is 0.510 e.